The minimum absolute atomic E-state index is 0.197. The van der Waals surface area contributed by atoms with Gasteiger partial charge in [-0.1, -0.05) is 0 Å². The first-order valence-corrected chi connectivity index (χ1v) is 3.21. The van der Waals surface area contributed by atoms with Crippen molar-refractivity contribution < 1.29 is 4.42 Å². The lowest BCUT2D eigenvalue weighted by Crippen LogP contribution is -1.93. The van der Waals surface area contributed by atoms with E-state index in [0.29, 0.717) is 11.5 Å². The number of aromatic nitrogens is 4. The van der Waals surface area contributed by atoms with E-state index in [1.54, 1.807) is 0 Å². The molecule has 0 aliphatic heterocycles. The molecule has 0 unspecified atom stereocenters. The molecule has 0 saturated carbocycles. The Bertz CT molecular complexity index is 370. The van der Waals surface area contributed by atoms with E-state index in [2.05, 4.69) is 20.2 Å². The lowest BCUT2D eigenvalue weighted by atomic mass is 10.4. The number of oxazole rings is 1. The van der Waals surface area contributed by atoms with Gasteiger partial charge in [0.05, 0.1) is 6.20 Å². The molecule has 0 bridgehead atoms. The molecule has 12 heavy (non-hydrogen) atoms. The maximum Gasteiger partial charge on any atom is 0.222 e. The van der Waals surface area contributed by atoms with Gasteiger partial charge < -0.3 is 10.2 Å². The van der Waals surface area contributed by atoms with Crippen molar-refractivity contribution in [3.05, 3.63) is 18.8 Å². The highest BCUT2D eigenvalue weighted by atomic mass is 16.3. The first kappa shape index (κ1) is 6.71. The maximum atomic E-state index is 5.44. The topological polar surface area (TPSA) is 90.7 Å². The Hall–Kier alpha value is -1.98. The average Bonchev–Trinajstić information content (AvgIpc) is 2.53. The monoisotopic (exact) mass is 163 g/mol. The van der Waals surface area contributed by atoms with Crippen LogP contribution in [0, 0.1) is 0 Å². The van der Waals surface area contributed by atoms with E-state index in [9.17, 15) is 0 Å². The summed E-state index contributed by atoms with van der Waals surface area (Å²) in [6, 6.07) is 0. The summed E-state index contributed by atoms with van der Waals surface area (Å²) in [5.74, 6) is 0.562. The number of nitrogens with zero attached hydrogens (tertiary/aromatic N) is 4. The van der Waals surface area contributed by atoms with Gasteiger partial charge in [-0.15, -0.1) is 5.10 Å². The summed E-state index contributed by atoms with van der Waals surface area (Å²) in [6.45, 7) is 0. The third kappa shape index (κ3) is 0.986. The number of hydrogen-bond donors (Lipinski definition) is 1. The Balaban J connectivity index is 2.51. The highest BCUT2D eigenvalue weighted by molar-refractivity contribution is 5.60. The molecule has 2 heterocycles. The van der Waals surface area contributed by atoms with Gasteiger partial charge in [0.25, 0.3) is 0 Å². The molecule has 6 nitrogen and oxygen atoms in total. The van der Waals surface area contributed by atoms with Crippen LogP contribution in [0.15, 0.2) is 23.2 Å². The Labute approximate surface area is 67.5 Å². The third-order valence-corrected chi connectivity index (χ3v) is 1.29. The smallest absolute Gasteiger partial charge is 0.222 e. The van der Waals surface area contributed by atoms with Crippen LogP contribution in [-0.2, 0) is 0 Å². The average molecular weight is 163 g/mol. The molecule has 0 aliphatic rings. The summed E-state index contributed by atoms with van der Waals surface area (Å²) in [4.78, 5) is 7.74. The van der Waals surface area contributed by atoms with Crippen LogP contribution in [0.2, 0.25) is 0 Å². The van der Waals surface area contributed by atoms with Crippen LogP contribution < -0.4 is 5.73 Å². The molecule has 0 spiro atoms. The van der Waals surface area contributed by atoms with E-state index in [4.69, 9.17) is 10.2 Å². The quantitative estimate of drug-likeness (QED) is 0.641. The summed E-state index contributed by atoms with van der Waals surface area (Å²) in [5.41, 5.74) is 5.86. The summed E-state index contributed by atoms with van der Waals surface area (Å²) >= 11 is 0. The Morgan fingerprint density at radius 1 is 1.25 bits per heavy atom. The first-order valence-electron chi connectivity index (χ1n) is 3.21. The Morgan fingerprint density at radius 3 is 2.75 bits per heavy atom. The van der Waals surface area contributed by atoms with Gasteiger partial charge in [-0.3, -0.25) is 0 Å². The molecule has 0 amide bonds. The predicted octanol–water partition coefficient (Wildman–Crippen LogP) is 0.109. The minimum Gasteiger partial charge on any atom is -0.428 e. The molecule has 6 heteroatoms. The standard InChI is InChI=1S/C6H5N5O/c7-5-4(9-3-12-5)6-8-1-2-10-11-6/h1-3H,7H2. The van der Waals surface area contributed by atoms with Gasteiger partial charge in [-0.2, -0.15) is 5.10 Å². The first-order chi connectivity index (χ1) is 5.88. The van der Waals surface area contributed by atoms with Gasteiger partial charge >= 0.3 is 0 Å². The highest BCUT2D eigenvalue weighted by Gasteiger charge is 2.09. The second-order valence-corrected chi connectivity index (χ2v) is 2.03. The second-order valence-electron chi connectivity index (χ2n) is 2.03. The number of nitrogens with two attached hydrogens (primary N) is 1. The highest BCUT2D eigenvalue weighted by Crippen LogP contribution is 2.18. The molecular weight excluding hydrogens is 158 g/mol. The molecule has 2 rings (SSSR count). The van der Waals surface area contributed by atoms with Crippen molar-refractivity contribution in [2.24, 2.45) is 0 Å². The van der Waals surface area contributed by atoms with E-state index in [1.807, 2.05) is 0 Å². The van der Waals surface area contributed by atoms with Crippen molar-refractivity contribution >= 4 is 5.88 Å². The largest absolute Gasteiger partial charge is 0.428 e. The molecular formula is C6H5N5O. The van der Waals surface area contributed by atoms with E-state index < -0.39 is 0 Å². The van der Waals surface area contributed by atoms with Crippen molar-refractivity contribution in [1.29, 1.82) is 0 Å². The van der Waals surface area contributed by atoms with Crippen LogP contribution in [-0.4, -0.2) is 20.2 Å². The third-order valence-electron chi connectivity index (χ3n) is 1.29. The van der Waals surface area contributed by atoms with Crippen LogP contribution in [0.3, 0.4) is 0 Å². The Kier molecular flexibility index (Phi) is 1.44. The zero-order valence-corrected chi connectivity index (χ0v) is 6.01. The van der Waals surface area contributed by atoms with Crippen molar-refractivity contribution in [3.8, 4) is 11.5 Å². The molecule has 0 fully saturated rings. The van der Waals surface area contributed by atoms with E-state index in [-0.39, 0.29) is 5.88 Å². The normalized spacial score (nSPS) is 10.0. The second kappa shape index (κ2) is 2.57. The molecule has 2 aromatic rings. The number of hydrogen-bond acceptors (Lipinski definition) is 6. The maximum absolute atomic E-state index is 5.44. The zero-order chi connectivity index (χ0) is 8.39. The van der Waals surface area contributed by atoms with Crippen molar-refractivity contribution in [2.75, 3.05) is 5.73 Å². The molecule has 0 aromatic carbocycles. The lowest BCUT2D eigenvalue weighted by Gasteiger charge is -1.91. The molecule has 0 atom stereocenters. The van der Waals surface area contributed by atoms with E-state index in [1.165, 1.54) is 18.8 Å². The van der Waals surface area contributed by atoms with Gasteiger partial charge in [0.15, 0.2) is 12.1 Å². The molecule has 2 aromatic heterocycles. The summed E-state index contributed by atoms with van der Waals surface area (Å²) < 4.78 is 4.78. The van der Waals surface area contributed by atoms with E-state index in [0.717, 1.165) is 0 Å². The van der Waals surface area contributed by atoms with Crippen LogP contribution in [0.5, 0.6) is 0 Å². The van der Waals surface area contributed by atoms with Crippen LogP contribution in [0.4, 0.5) is 5.88 Å². The van der Waals surface area contributed by atoms with Gasteiger partial charge in [0.1, 0.15) is 0 Å². The van der Waals surface area contributed by atoms with Gasteiger partial charge in [0, 0.05) is 6.20 Å². The molecule has 2 N–H and O–H groups in total. The fraction of sp³-hybridized carbons (Fsp3) is 0. The van der Waals surface area contributed by atoms with Crippen LogP contribution >= 0.6 is 0 Å². The van der Waals surface area contributed by atoms with Gasteiger partial charge in [0.2, 0.25) is 11.7 Å². The molecule has 0 aliphatic carbocycles. The number of rotatable bonds is 1. The van der Waals surface area contributed by atoms with Crippen LogP contribution in [0.1, 0.15) is 0 Å². The molecule has 0 saturated heterocycles. The zero-order valence-electron chi connectivity index (χ0n) is 6.01. The summed E-state index contributed by atoms with van der Waals surface area (Å²) in [5, 5.41) is 7.35. The number of nitrogen functional groups attached to an aromatic ring is 1. The number of anilines is 1. The summed E-state index contributed by atoms with van der Waals surface area (Å²) in [6.07, 6.45) is 4.22. The lowest BCUT2D eigenvalue weighted by molar-refractivity contribution is 0.577. The minimum atomic E-state index is 0.197. The van der Waals surface area contributed by atoms with Gasteiger partial charge in [-0.05, 0) is 0 Å². The van der Waals surface area contributed by atoms with E-state index >= 15 is 0 Å². The Morgan fingerprint density at radius 2 is 2.17 bits per heavy atom. The molecule has 60 valence electrons. The van der Waals surface area contributed by atoms with Crippen LogP contribution in [0.25, 0.3) is 11.5 Å². The fourth-order valence-corrected chi connectivity index (χ4v) is 0.779. The SMILES string of the molecule is Nc1ocnc1-c1nccnn1. The fourth-order valence-electron chi connectivity index (χ4n) is 0.779. The van der Waals surface area contributed by atoms with Crippen molar-refractivity contribution in [3.63, 3.8) is 0 Å². The van der Waals surface area contributed by atoms with Crippen molar-refractivity contribution in [2.45, 2.75) is 0 Å². The van der Waals surface area contributed by atoms with Crippen molar-refractivity contribution in [1.82, 2.24) is 20.2 Å². The summed E-state index contributed by atoms with van der Waals surface area (Å²) in [7, 11) is 0. The van der Waals surface area contributed by atoms with Gasteiger partial charge in [-0.25, -0.2) is 9.97 Å². The molecule has 0 radical (unpaired) electrons. The predicted molar refractivity (Wildman–Crippen MR) is 39.7 cm³/mol.